The highest BCUT2D eigenvalue weighted by atomic mass is 16.2. The summed E-state index contributed by atoms with van der Waals surface area (Å²) in [6, 6.07) is 7.92. The van der Waals surface area contributed by atoms with Crippen molar-refractivity contribution in [2.24, 2.45) is 0 Å². The molecule has 4 heteroatoms. The van der Waals surface area contributed by atoms with Crippen molar-refractivity contribution in [2.75, 3.05) is 6.54 Å². The average Bonchev–Trinajstić information content (AvgIpc) is 2.73. The number of rotatable bonds is 4. The zero-order valence-electron chi connectivity index (χ0n) is 13.0. The molecule has 0 aliphatic carbocycles. The van der Waals surface area contributed by atoms with E-state index in [9.17, 15) is 4.79 Å². The molecule has 4 nitrogen and oxygen atoms in total. The van der Waals surface area contributed by atoms with Gasteiger partial charge in [0.1, 0.15) is 0 Å². The summed E-state index contributed by atoms with van der Waals surface area (Å²) in [5, 5.41) is 9.82. The molecule has 0 atom stereocenters. The number of hydrogen-bond donors (Lipinski definition) is 1. The summed E-state index contributed by atoms with van der Waals surface area (Å²) >= 11 is 0. The first-order valence-electron chi connectivity index (χ1n) is 7.22. The van der Waals surface area contributed by atoms with Crippen molar-refractivity contribution >= 4 is 16.8 Å². The van der Waals surface area contributed by atoms with E-state index in [-0.39, 0.29) is 11.9 Å². The fourth-order valence-electron chi connectivity index (χ4n) is 2.52. The van der Waals surface area contributed by atoms with Crippen LogP contribution in [0.1, 0.15) is 41.9 Å². The number of H-pyrrole nitrogens is 1. The van der Waals surface area contributed by atoms with Gasteiger partial charge >= 0.3 is 0 Å². The summed E-state index contributed by atoms with van der Waals surface area (Å²) < 4.78 is 0. The van der Waals surface area contributed by atoms with Crippen molar-refractivity contribution in [1.82, 2.24) is 9.88 Å². The Morgan fingerprint density at radius 3 is 2.71 bits per heavy atom. The number of nitrogens with zero attached hydrogens (tertiary/aromatic N) is 2. The molecule has 0 saturated carbocycles. The number of hydrogen-bond acceptors (Lipinski definition) is 2. The minimum atomic E-state index is -0.0135. The quantitative estimate of drug-likeness (QED) is 0.932. The largest absolute Gasteiger partial charge is 0.358 e. The number of benzene rings is 1. The molecule has 1 aromatic heterocycles. The van der Waals surface area contributed by atoms with Gasteiger partial charge in [-0.25, -0.2) is 0 Å². The van der Waals surface area contributed by atoms with E-state index in [1.165, 1.54) is 5.56 Å². The van der Waals surface area contributed by atoms with Crippen molar-refractivity contribution in [3.8, 4) is 6.07 Å². The van der Waals surface area contributed by atoms with Gasteiger partial charge in [0.05, 0.1) is 12.5 Å². The second-order valence-corrected chi connectivity index (χ2v) is 5.64. The second-order valence-electron chi connectivity index (χ2n) is 5.64. The highest BCUT2D eigenvalue weighted by molar-refractivity contribution is 5.99. The summed E-state index contributed by atoms with van der Waals surface area (Å²) in [5.41, 5.74) is 4.03. The Balaban J connectivity index is 2.37. The van der Waals surface area contributed by atoms with Crippen LogP contribution in [-0.2, 0) is 0 Å². The summed E-state index contributed by atoms with van der Waals surface area (Å²) in [6.07, 6.45) is 0.356. The Morgan fingerprint density at radius 1 is 1.38 bits per heavy atom. The Labute approximate surface area is 125 Å². The van der Waals surface area contributed by atoms with Gasteiger partial charge < -0.3 is 9.88 Å². The Hall–Kier alpha value is -2.28. The molecule has 0 saturated heterocycles. The van der Waals surface area contributed by atoms with Crippen LogP contribution < -0.4 is 0 Å². The monoisotopic (exact) mass is 283 g/mol. The van der Waals surface area contributed by atoms with E-state index in [0.717, 1.165) is 16.6 Å². The number of nitriles is 1. The third-order valence-electron chi connectivity index (χ3n) is 3.90. The molecule has 0 bridgehead atoms. The summed E-state index contributed by atoms with van der Waals surface area (Å²) in [6.45, 7) is 8.50. The third-order valence-corrected chi connectivity index (χ3v) is 3.90. The number of nitrogens with one attached hydrogen (secondary N) is 1. The maximum Gasteiger partial charge on any atom is 0.254 e. The van der Waals surface area contributed by atoms with Crippen LogP contribution in [-0.4, -0.2) is 28.4 Å². The molecule has 1 aromatic carbocycles. The first kappa shape index (κ1) is 15.1. The maximum atomic E-state index is 12.7. The van der Waals surface area contributed by atoms with E-state index in [2.05, 4.69) is 18.0 Å². The number of amides is 1. The summed E-state index contributed by atoms with van der Waals surface area (Å²) in [4.78, 5) is 17.7. The minimum absolute atomic E-state index is 0.0135. The highest BCUT2D eigenvalue weighted by Gasteiger charge is 2.19. The number of fused-ring (bicyclic) bond motifs is 1. The highest BCUT2D eigenvalue weighted by Crippen LogP contribution is 2.23. The van der Waals surface area contributed by atoms with Crippen LogP contribution in [0.15, 0.2) is 18.2 Å². The lowest BCUT2D eigenvalue weighted by Gasteiger charge is -2.26. The van der Waals surface area contributed by atoms with Crippen LogP contribution in [0.2, 0.25) is 0 Å². The molecule has 0 spiro atoms. The minimum Gasteiger partial charge on any atom is -0.358 e. The second kappa shape index (κ2) is 6.01. The normalized spacial score (nSPS) is 10.9. The lowest BCUT2D eigenvalue weighted by Crippen LogP contribution is -2.37. The van der Waals surface area contributed by atoms with Gasteiger partial charge in [-0.05, 0) is 51.5 Å². The van der Waals surface area contributed by atoms with Crippen LogP contribution in [0, 0.1) is 25.2 Å². The number of carbonyl (C=O) groups excluding carboxylic acids is 1. The molecule has 2 rings (SSSR count). The lowest BCUT2D eigenvalue weighted by molar-refractivity contribution is 0.0710. The van der Waals surface area contributed by atoms with E-state index in [1.54, 1.807) is 4.90 Å². The van der Waals surface area contributed by atoms with Gasteiger partial charge in [-0.1, -0.05) is 0 Å². The van der Waals surface area contributed by atoms with Gasteiger partial charge in [0.15, 0.2) is 0 Å². The lowest BCUT2D eigenvalue weighted by atomic mass is 10.1. The molecule has 1 N–H and O–H groups in total. The van der Waals surface area contributed by atoms with E-state index >= 15 is 0 Å². The smallest absolute Gasteiger partial charge is 0.254 e. The molecule has 2 aromatic rings. The van der Waals surface area contributed by atoms with Crippen molar-refractivity contribution < 1.29 is 4.79 Å². The molecule has 0 radical (unpaired) electrons. The van der Waals surface area contributed by atoms with Gasteiger partial charge in [0, 0.05) is 34.7 Å². The fourth-order valence-corrected chi connectivity index (χ4v) is 2.52. The topological polar surface area (TPSA) is 59.9 Å². The van der Waals surface area contributed by atoms with Crippen molar-refractivity contribution in [3.05, 3.63) is 35.0 Å². The predicted octanol–water partition coefficient (Wildman–Crippen LogP) is 3.55. The molecular weight excluding hydrogens is 262 g/mol. The van der Waals surface area contributed by atoms with Crippen molar-refractivity contribution in [2.45, 2.75) is 40.2 Å². The van der Waals surface area contributed by atoms with E-state index in [1.807, 2.05) is 39.0 Å². The van der Waals surface area contributed by atoms with Gasteiger partial charge in [-0.15, -0.1) is 0 Å². The van der Waals surface area contributed by atoms with Gasteiger partial charge in [0.2, 0.25) is 0 Å². The van der Waals surface area contributed by atoms with E-state index < -0.39 is 0 Å². The average molecular weight is 283 g/mol. The van der Waals surface area contributed by atoms with Gasteiger partial charge in [0.25, 0.3) is 5.91 Å². The third kappa shape index (κ3) is 2.92. The number of aromatic nitrogens is 1. The molecule has 1 heterocycles. The van der Waals surface area contributed by atoms with Crippen LogP contribution in [0.25, 0.3) is 10.9 Å². The summed E-state index contributed by atoms with van der Waals surface area (Å²) in [7, 11) is 0. The molecular formula is C17H21N3O. The standard InChI is InChI=1S/C17H21N3O/c1-11(2)20(9-5-8-18)17(21)14-6-7-16-15(10-14)12(3)13(4)19-16/h6-7,10-11,19H,5,9H2,1-4H3. The first-order chi connectivity index (χ1) is 9.95. The number of aromatic amines is 1. The van der Waals surface area contributed by atoms with Crippen LogP contribution >= 0.6 is 0 Å². The molecule has 0 fully saturated rings. The van der Waals surface area contributed by atoms with E-state index in [0.29, 0.717) is 18.5 Å². The molecule has 110 valence electrons. The zero-order chi connectivity index (χ0) is 15.6. The predicted molar refractivity (Wildman–Crippen MR) is 84.2 cm³/mol. The summed E-state index contributed by atoms with van der Waals surface area (Å²) in [5.74, 6) is -0.0135. The van der Waals surface area contributed by atoms with Crippen molar-refractivity contribution in [1.29, 1.82) is 5.26 Å². The molecule has 0 aliphatic rings. The molecule has 1 amide bonds. The fraction of sp³-hybridized carbons (Fsp3) is 0.412. The Kier molecular flexibility index (Phi) is 4.32. The SMILES string of the molecule is Cc1[nH]c2ccc(C(=O)N(CCC#N)C(C)C)cc2c1C. The van der Waals surface area contributed by atoms with Gasteiger partial charge in [-0.3, -0.25) is 4.79 Å². The van der Waals surface area contributed by atoms with Crippen molar-refractivity contribution in [3.63, 3.8) is 0 Å². The molecule has 21 heavy (non-hydrogen) atoms. The number of aryl methyl sites for hydroxylation is 2. The first-order valence-corrected chi connectivity index (χ1v) is 7.22. The maximum absolute atomic E-state index is 12.7. The molecule has 0 aliphatic heterocycles. The zero-order valence-corrected chi connectivity index (χ0v) is 13.0. The number of carbonyl (C=O) groups is 1. The van der Waals surface area contributed by atoms with E-state index in [4.69, 9.17) is 5.26 Å². The van der Waals surface area contributed by atoms with Crippen LogP contribution in [0.4, 0.5) is 0 Å². The Morgan fingerprint density at radius 2 is 2.10 bits per heavy atom. The van der Waals surface area contributed by atoms with Crippen LogP contribution in [0.5, 0.6) is 0 Å². The molecule has 0 unspecified atom stereocenters. The van der Waals surface area contributed by atoms with Crippen LogP contribution in [0.3, 0.4) is 0 Å². The Bertz CT molecular complexity index is 707. The van der Waals surface area contributed by atoms with Gasteiger partial charge in [-0.2, -0.15) is 5.26 Å².